The molecule has 2 aromatic rings. The van der Waals surface area contributed by atoms with Crippen molar-refractivity contribution in [3.63, 3.8) is 0 Å². The number of allylic oxidation sites excluding steroid dienone is 4. The Morgan fingerprint density at radius 1 is 1.29 bits per heavy atom. The summed E-state index contributed by atoms with van der Waals surface area (Å²) in [5.41, 5.74) is 2.34. The second-order valence-electron chi connectivity index (χ2n) is 4.43. The van der Waals surface area contributed by atoms with Crippen LogP contribution in [0, 0.1) is 22.0 Å². The number of halogens is 1. The van der Waals surface area contributed by atoms with Crippen molar-refractivity contribution in [3.05, 3.63) is 62.7 Å². The number of fused-ring (bicyclic) bond motifs is 1. The third-order valence-electron chi connectivity index (χ3n) is 3.04. The lowest BCUT2D eigenvalue weighted by Gasteiger charge is -2.03. The van der Waals surface area contributed by atoms with Crippen LogP contribution in [-0.2, 0) is 0 Å². The highest BCUT2D eigenvalue weighted by Crippen LogP contribution is 2.18. The highest BCUT2D eigenvalue weighted by atomic mass is 35.5. The lowest BCUT2D eigenvalue weighted by Crippen LogP contribution is -2.02. The number of nitrogens with zero attached hydrogens (tertiary/aromatic N) is 4. The average Bonchev–Trinajstić information content (AvgIpc) is 2.88. The van der Waals surface area contributed by atoms with Crippen LogP contribution in [0.25, 0.3) is 5.65 Å². The van der Waals surface area contributed by atoms with Crippen molar-refractivity contribution < 1.29 is 4.92 Å². The number of nitro groups is 1. The Morgan fingerprint density at radius 2 is 2.14 bits per heavy atom. The Hall–Kier alpha value is -2.65. The van der Waals surface area contributed by atoms with Gasteiger partial charge in [0.15, 0.2) is 5.65 Å². The second-order valence-corrected chi connectivity index (χ2v) is 4.81. The van der Waals surface area contributed by atoms with Crippen LogP contribution in [0.3, 0.4) is 0 Å². The van der Waals surface area contributed by atoms with Gasteiger partial charge in [0.1, 0.15) is 10.8 Å². The predicted molar refractivity (Wildman–Crippen MR) is 77.3 cm³/mol. The maximum atomic E-state index is 10.6. The Labute approximate surface area is 124 Å². The van der Waals surface area contributed by atoms with E-state index in [1.165, 1.54) is 6.08 Å². The lowest BCUT2D eigenvalue weighted by atomic mass is 10.0. The summed E-state index contributed by atoms with van der Waals surface area (Å²) in [6.07, 6.45) is 5.75. The third kappa shape index (κ3) is 2.78. The summed E-state index contributed by atoms with van der Waals surface area (Å²) >= 11 is 5.85. The van der Waals surface area contributed by atoms with Crippen LogP contribution < -0.4 is 0 Å². The molecule has 0 fully saturated rings. The van der Waals surface area contributed by atoms with E-state index in [4.69, 9.17) is 11.6 Å². The quantitative estimate of drug-likeness (QED) is 0.461. The Balaban J connectivity index is 1.90. The van der Waals surface area contributed by atoms with Gasteiger partial charge in [-0.05, 0) is 30.6 Å². The zero-order valence-electron chi connectivity index (χ0n) is 10.8. The molecule has 7 heteroatoms. The zero-order valence-corrected chi connectivity index (χ0v) is 11.5. The molecule has 21 heavy (non-hydrogen) atoms. The molecule has 0 N–H and O–H groups in total. The average molecular weight is 301 g/mol. The summed E-state index contributed by atoms with van der Waals surface area (Å²) in [6.45, 7) is 0. The van der Waals surface area contributed by atoms with Crippen LogP contribution in [-0.4, -0.2) is 19.5 Å². The summed E-state index contributed by atoms with van der Waals surface area (Å²) in [7, 11) is 0. The first kappa shape index (κ1) is 13.3. The van der Waals surface area contributed by atoms with E-state index < -0.39 is 0 Å². The highest BCUT2D eigenvalue weighted by Gasteiger charge is 2.13. The van der Waals surface area contributed by atoms with E-state index >= 15 is 0 Å². The normalized spacial score (nSPS) is 14.1. The van der Waals surface area contributed by atoms with E-state index in [1.54, 1.807) is 28.9 Å². The van der Waals surface area contributed by atoms with E-state index in [0.29, 0.717) is 29.3 Å². The maximum absolute atomic E-state index is 10.6. The smallest absolute Gasteiger partial charge is 0.246 e. The third-order valence-corrected chi connectivity index (χ3v) is 3.24. The molecule has 0 aromatic carbocycles. The molecule has 0 spiro atoms. The van der Waals surface area contributed by atoms with Gasteiger partial charge in [-0.25, -0.2) is 9.50 Å². The molecule has 0 amide bonds. The van der Waals surface area contributed by atoms with Crippen LogP contribution in [0.2, 0.25) is 5.15 Å². The molecule has 0 atom stereocenters. The molecule has 3 rings (SSSR count). The largest absolute Gasteiger partial charge is 0.259 e. The minimum absolute atomic E-state index is 0.212. The molecule has 0 saturated carbocycles. The van der Waals surface area contributed by atoms with Crippen LogP contribution >= 0.6 is 11.6 Å². The van der Waals surface area contributed by atoms with Gasteiger partial charge >= 0.3 is 0 Å². The number of imidazole rings is 1. The first-order valence-corrected chi connectivity index (χ1v) is 6.58. The maximum Gasteiger partial charge on any atom is 0.246 e. The van der Waals surface area contributed by atoms with E-state index in [-0.39, 0.29) is 10.6 Å². The van der Waals surface area contributed by atoms with Crippen molar-refractivity contribution in [1.82, 2.24) is 14.6 Å². The summed E-state index contributed by atoms with van der Waals surface area (Å²) < 4.78 is 1.57. The molecule has 0 radical (unpaired) electrons. The molecule has 1 aliphatic rings. The number of rotatable bonds is 1. The summed E-state index contributed by atoms with van der Waals surface area (Å²) in [4.78, 5) is 14.4. The molecule has 6 nitrogen and oxygen atoms in total. The van der Waals surface area contributed by atoms with Crippen molar-refractivity contribution in [2.24, 2.45) is 0 Å². The molecule has 0 bridgehead atoms. The molecule has 2 aromatic heterocycles. The standard InChI is InChI=1S/C14H9ClN4O2/c15-13-7-8-14-16-9-12(18(14)17-13)6-3-10-1-4-11(5-2-10)19(20)21/h1,4,7-9H,2,5H2. The minimum atomic E-state index is -0.364. The van der Waals surface area contributed by atoms with Crippen molar-refractivity contribution >= 4 is 17.2 Å². The molecule has 104 valence electrons. The first-order chi connectivity index (χ1) is 10.1. The Morgan fingerprint density at radius 3 is 2.86 bits per heavy atom. The van der Waals surface area contributed by atoms with Gasteiger partial charge in [0, 0.05) is 18.1 Å². The van der Waals surface area contributed by atoms with Crippen LogP contribution in [0.15, 0.2) is 41.8 Å². The lowest BCUT2D eigenvalue weighted by molar-refractivity contribution is -0.428. The first-order valence-electron chi connectivity index (χ1n) is 6.20. The van der Waals surface area contributed by atoms with Crippen molar-refractivity contribution in [2.45, 2.75) is 12.8 Å². The number of hydrogen-bond donors (Lipinski definition) is 0. The zero-order chi connectivity index (χ0) is 14.8. The fourth-order valence-corrected chi connectivity index (χ4v) is 2.10. The van der Waals surface area contributed by atoms with Gasteiger partial charge in [-0.1, -0.05) is 17.5 Å². The number of hydrogen-bond acceptors (Lipinski definition) is 4. The Bertz CT molecular complexity index is 855. The molecule has 0 unspecified atom stereocenters. The SMILES string of the molecule is O=[N+]([O-])C1=CC=C(C#Cc2cnc3ccc(Cl)nn23)CC1. The monoisotopic (exact) mass is 300 g/mol. The summed E-state index contributed by atoms with van der Waals surface area (Å²) in [5, 5.41) is 15.1. The number of aromatic nitrogens is 3. The summed E-state index contributed by atoms with van der Waals surface area (Å²) in [5.74, 6) is 5.97. The van der Waals surface area contributed by atoms with Crippen LogP contribution in [0.5, 0.6) is 0 Å². The van der Waals surface area contributed by atoms with Crippen molar-refractivity contribution in [1.29, 1.82) is 0 Å². The van der Waals surface area contributed by atoms with E-state index in [0.717, 1.165) is 5.57 Å². The summed E-state index contributed by atoms with van der Waals surface area (Å²) in [6, 6.07) is 3.42. The fourth-order valence-electron chi connectivity index (χ4n) is 1.96. The van der Waals surface area contributed by atoms with E-state index in [9.17, 15) is 10.1 Å². The molecule has 1 aliphatic carbocycles. The van der Waals surface area contributed by atoms with Gasteiger partial charge in [-0.3, -0.25) is 10.1 Å². The minimum Gasteiger partial charge on any atom is -0.259 e. The van der Waals surface area contributed by atoms with Gasteiger partial charge in [0.2, 0.25) is 5.70 Å². The molecular weight excluding hydrogens is 292 g/mol. The molecule has 0 aliphatic heterocycles. The highest BCUT2D eigenvalue weighted by molar-refractivity contribution is 6.29. The van der Waals surface area contributed by atoms with E-state index in [1.807, 2.05) is 0 Å². The molecule has 2 heterocycles. The predicted octanol–water partition coefficient (Wildman–Crippen LogP) is 2.62. The molecule has 0 saturated heterocycles. The van der Waals surface area contributed by atoms with Crippen LogP contribution in [0.1, 0.15) is 18.5 Å². The Kier molecular flexibility index (Phi) is 3.42. The van der Waals surface area contributed by atoms with Gasteiger partial charge < -0.3 is 0 Å². The van der Waals surface area contributed by atoms with E-state index in [2.05, 4.69) is 21.9 Å². The van der Waals surface area contributed by atoms with Gasteiger partial charge in [0.05, 0.1) is 11.1 Å². The van der Waals surface area contributed by atoms with Gasteiger partial charge in [-0.2, -0.15) is 5.10 Å². The fraction of sp³-hybridized carbons (Fsp3) is 0.143. The van der Waals surface area contributed by atoms with Gasteiger partial charge in [-0.15, -0.1) is 0 Å². The van der Waals surface area contributed by atoms with Crippen LogP contribution in [0.4, 0.5) is 0 Å². The second kappa shape index (κ2) is 5.38. The topological polar surface area (TPSA) is 73.3 Å². The van der Waals surface area contributed by atoms with Crippen molar-refractivity contribution in [2.75, 3.05) is 0 Å². The van der Waals surface area contributed by atoms with Gasteiger partial charge in [0.25, 0.3) is 0 Å². The molecular formula is C14H9ClN4O2. The van der Waals surface area contributed by atoms with Crippen molar-refractivity contribution in [3.8, 4) is 11.8 Å².